The van der Waals surface area contributed by atoms with E-state index >= 15 is 0 Å². The van der Waals surface area contributed by atoms with Gasteiger partial charge in [-0.05, 0) is 18.2 Å². The number of carbonyl (C=O) groups excluding carboxylic acids is 1. The minimum absolute atomic E-state index is 0.242. The van der Waals surface area contributed by atoms with E-state index in [1.807, 2.05) is 5.32 Å². The molecule has 0 heterocycles. The largest absolute Gasteiger partial charge is 0.417 e. The summed E-state index contributed by atoms with van der Waals surface area (Å²) in [6.07, 6.45) is -4.66. The highest BCUT2D eigenvalue weighted by Gasteiger charge is 2.34. The summed E-state index contributed by atoms with van der Waals surface area (Å²) < 4.78 is 63.3. The van der Waals surface area contributed by atoms with Crippen molar-refractivity contribution in [1.82, 2.24) is 5.32 Å². The molecule has 0 aliphatic rings. The van der Waals surface area contributed by atoms with Crippen LogP contribution in [0.15, 0.2) is 22.7 Å². The fourth-order valence-corrected chi connectivity index (χ4v) is 1.74. The molecule has 0 aliphatic heterocycles. The normalized spacial score (nSPS) is 12.3. The number of hydrogen-bond acceptors (Lipinski definition) is 2. The van der Waals surface area contributed by atoms with Crippen molar-refractivity contribution in [3.05, 3.63) is 33.8 Å². The van der Waals surface area contributed by atoms with Crippen LogP contribution in [0.3, 0.4) is 0 Å². The predicted molar refractivity (Wildman–Crippen MR) is 65.5 cm³/mol. The van der Waals surface area contributed by atoms with Crippen LogP contribution in [0.4, 0.5) is 22.0 Å². The van der Waals surface area contributed by atoms with E-state index in [1.54, 1.807) is 0 Å². The summed E-state index contributed by atoms with van der Waals surface area (Å²) in [4.78, 5) is 11.5. The van der Waals surface area contributed by atoms with Gasteiger partial charge in [0.25, 0.3) is 11.8 Å². The Balaban J connectivity index is 2.90. The molecule has 0 aliphatic carbocycles. The average molecular weight is 361 g/mol. The summed E-state index contributed by atoms with van der Waals surface area (Å²) in [7, 11) is 0. The van der Waals surface area contributed by atoms with Crippen LogP contribution in [-0.4, -0.2) is 24.9 Å². The molecule has 0 atom stereocenters. The number of alkyl halides is 5. The Bertz CT molecular complexity index is 504. The summed E-state index contributed by atoms with van der Waals surface area (Å²) in [5, 5.41) is 1.84. The molecule has 9 heteroatoms. The lowest BCUT2D eigenvalue weighted by molar-refractivity contribution is -0.138. The fraction of sp³-hybridized carbons (Fsp3) is 0.364. The highest BCUT2D eigenvalue weighted by molar-refractivity contribution is 9.10. The van der Waals surface area contributed by atoms with Gasteiger partial charge in [0.05, 0.1) is 18.7 Å². The fourth-order valence-electron chi connectivity index (χ4n) is 1.27. The monoisotopic (exact) mass is 360 g/mol. The van der Waals surface area contributed by atoms with Crippen molar-refractivity contribution < 1.29 is 26.7 Å². The molecule has 0 saturated carbocycles. The summed E-state index contributed by atoms with van der Waals surface area (Å²) in [5.74, 6) is -4.34. The zero-order valence-corrected chi connectivity index (χ0v) is 11.5. The van der Waals surface area contributed by atoms with Crippen molar-refractivity contribution in [3.8, 4) is 0 Å². The summed E-state index contributed by atoms with van der Waals surface area (Å²) in [5.41, 5.74) is 3.35. The molecule has 0 spiro atoms. The van der Waals surface area contributed by atoms with E-state index in [1.165, 1.54) is 0 Å². The lowest BCUT2D eigenvalue weighted by atomic mass is 10.1. The second-order valence-electron chi connectivity index (χ2n) is 3.94. The molecule has 0 saturated heterocycles. The Kier molecular flexibility index (Phi) is 5.09. The molecule has 3 N–H and O–H groups in total. The van der Waals surface area contributed by atoms with Crippen LogP contribution in [0.1, 0.15) is 15.9 Å². The quantitative estimate of drug-likeness (QED) is 0.811. The van der Waals surface area contributed by atoms with Crippen LogP contribution in [0.5, 0.6) is 0 Å². The third kappa shape index (κ3) is 4.41. The molecule has 1 aromatic rings. The first-order chi connectivity index (χ1) is 9.07. The smallest absolute Gasteiger partial charge is 0.346 e. The zero-order valence-electron chi connectivity index (χ0n) is 9.90. The van der Waals surface area contributed by atoms with E-state index in [0.29, 0.717) is 6.07 Å². The SMILES string of the molecule is NCC(F)(F)CNC(=O)c1ccc(Br)c(C(F)(F)F)c1. The molecule has 0 fully saturated rings. The van der Waals surface area contributed by atoms with Gasteiger partial charge < -0.3 is 11.1 Å². The van der Waals surface area contributed by atoms with Crippen LogP contribution in [0, 0.1) is 0 Å². The van der Waals surface area contributed by atoms with Gasteiger partial charge in [-0.1, -0.05) is 15.9 Å². The van der Waals surface area contributed by atoms with Gasteiger partial charge in [0.15, 0.2) is 0 Å². The Morgan fingerprint density at radius 2 is 1.85 bits per heavy atom. The second kappa shape index (κ2) is 6.04. The Hall–Kier alpha value is -1.22. The first-order valence-corrected chi connectivity index (χ1v) is 6.09. The zero-order chi connectivity index (χ0) is 15.6. The van der Waals surface area contributed by atoms with Crippen LogP contribution in [0.25, 0.3) is 0 Å². The molecule has 0 radical (unpaired) electrons. The van der Waals surface area contributed by atoms with E-state index < -0.39 is 36.7 Å². The molecule has 1 rings (SSSR count). The molecule has 20 heavy (non-hydrogen) atoms. The number of carbonyl (C=O) groups is 1. The highest BCUT2D eigenvalue weighted by atomic mass is 79.9. The first-order valence-electron chi connectivity index (χ1n) is 5.29. The Morgan fingerprint density at radius 3 is 2.35 bits per heavy atom. The number of rotatable bonds is 4. The van der Waals surface area contributed by atoms with Crippen molar-refractivity contribution in [2.75, 3.05) is 13.1 Å². The maximum absolute atomic E-state index is 12.8. The average Bonchev–Trinajstić information content (AvgIpc) is 2.35. The van der Waals surface area contributed by atoms with Gasteiger partial charge in [-0.3, -0.25) is 4.79 Å². The van der Waals surface area contributed by atoms with Gasteiger partial charge in [-0.15, -0.1) is 0 Å². The third-order valence-corrected chi connectivity index (χ3v) is 3.03. The van der Waals surface area contributed by atoms with E-state index in [9.17, 15) is 26.7 Å². The standard InChI is InChI=1S/C11H10BrF5N2O/c12-8-2-1-6(3-7(8)11(15,16)17)9(20)19-5-10(13,14)4-18/h1-3H,4-5,18H2,(H,19,20). The van der Waals surface area contributed by atoms with Gasteiger partial charge in [0.1, 0.15) is 0 Å². The molecular formula is C11H10BrF5N2O. The number of amides is 1. The Labute approximate surface area is 119 Å². The Morgan fingerprint density at radius 1 is 1.25 bits per heavy atom. The maximum Gasteiger partial charge on any atom is 0.417 e. The highest BCUT2D eigenvalue weighted by Crippen LogP contribution is 2.35. The van der Waals surface area contributed by atoms with Crippen molar-refractivity contribution in [2.24, 2.45) is 5.73 Å². The van der Waals surface area contributed by atoms with Crippen molar-refractivity contribution >= 4 is 21.8 Å². The van der Waals surface area contributed by atoms with Gasteiger partial charge in [0, 0.05) is 10.0 Å². The maximum atomic E-state index is 12.8. The second-order valence-corrected chi connectivity index (χ2v) is 4.79. The first kappa shape index (κ1) is 16.8. The van der Waals surface area contributed by atoms with E-state index in [0.717, 1.165) is 12.1 Å². The summed E-state index contributed by atoms with van der Waals surface area (Å²) in [6, 6.07) is 2.70. The molecular weight excluding hydrogens is 351 g/mol. The minimum atomic E-state index is -4.66. The number of nitrogens with one attached hydrogen (secondary N) is 1. The number of hydrogen-bond donors (Lipinski definition) is 2. The molecule has 1 amide bonds. The van der Waals surface area contributed by atoms with Crippen LogP contribution >= 0.6 is 15.9 Å². The summed E-state index contributed by atoms with van der Waals surface area (Å²) in [6.45, 7) is -2.01. The van der Waals surface area contributed by atoms with Gasteiger partial charge >= 0.3 is 6.18 Å². The molecule has 1 aromatic carbocycles. The molecule has 0 bridgehead atoms. The van der Waals surface area contributed by atoms with Gasteiger partial charge in [-0.25, -0.2) is 8.78 Å². The van der Waals surface area contributed by atoms with Crippen LogP contribution in [-0.2, 0) is 6.18 Å². The minimum Gasteiger partial charge on any atom is -0.346 e. The predicted octanol–water partition coefficient (Wildman–Crippen LogP) is 2.79. The topological polar surface area (TPSA) is 55.1 Å². The lowest BCUT2D eigenvalue weighted by Crippen LogP contribution is -2.41. The van der Waals surface area contributed by atoms with E-state index in [4.69, 9.17) is 5.73 Å². The summed E-state index contributed by atoms with van der Waals surface area (Å²) >= 11 is 2.71. The number of nitrogens with two attached hydrogens (primary N) is 1. The van der Waals surface area contributed by atoms with Crippen molar-refractivity contribution in [1.29, 1.82) is 0 Å². The molecule has 112 valence electrons. The molecule has 0 aromatic heterocycles. The van der Waals surface area contributed by atoms with Gasteiger partial charge in [-0.2, -0.15) is 13.2 Å². The molecule has 0 unspecified atom stereocenters. The van der Waals surface area contributed by atoms with E-state index in [2.05, 4.69) is 15.9 Å². The number of benzene rings is 1. The number of halogens is 6. The van der Waals surface area contributed by atoms with Gasteiger partial charge in [0.2, 0.25) is 0 Å². The van der Waals surface area contributed by atoms with E-state index in [-0.39, 0.29) is 10.0 Å². The van der Waals surface area contributed by atoms with Crippen LogP contribution in [0.2, 0.25) is 0 Å². The van der Waals surface area contributed by atoms with Crippen LogP contribution < -0.4 is 11.1 Å². The third-order valence-electron chi connectivity index (χ3n) is 2.34. The molecule has 3 nitrogen and oxygen atoms in total. The van der Waals surface area contributed by atoms with Crippen molar-refractivity contribution in [3.63, 3.8) is 0 Å². The van der Waals surface area contributed by atoms with Crippen molar-refractivity contribution in [2.45, 2.75) is 12.1 Å². The lowest BCUT2D eigenvalue weighted by Gasteiger charge is -2.15.